The molecule has 120 valence electrons. The van der Waals surface area contributed by atoms with Crippen LogP contribution in [0.15, 0.2) is 29.2 Å². The fourth-order valence-electron chi connectivity index (χ4n) is 2.12. The summed E-state index contributed by atoms with van der Waals surface area (Å²) in [5, 5.41) is 0. The minimum atomic E-state index is -3.20. The van der Waals surface area contributed by atoms with Gasteiger partial charge >= 0.3 is 0 Å². The molecule has 2 N–H and O–H groups in total. The van der Waals surface area contributed by atoms with Crippen LogP contribution in [0.5, 0.6) is 0 Å². The summed E-state index contributed by atoms with van der Waals surface area (Å²) in [6.45, 7) is 6.17. The largest absolute Gasteiger partial charge is 0.399 e. The maximum Gasteiger partial charge on any atom is 0.214 e. The van der Waals surface area contributed by atoms with E-state index in [1.807, 2.05) is 31.2 Å². The van der Waals surface area contributed by atoms with E-state index in [0.29, 0.717) is 17.4 Å². The van der Waals surface area contributed by atoms with Gasteiger partial charge in [0.15, 0.2) is 0 Å². The van der Waals surface area contributed by atoms with Gasteiger partial charge in [-0.05, 0) is 37.5 Å². The van der Waals surface area contributed by atoms with Gasteiger partial charge in [0.1, 0.15) is 0 Å². The van der Waals surface area contributed by atoms with Crippen molar-refractivity contribution in [2.45, 2.75) is 38.1 Å². The molecule has 1 rings (SSSR count). The van der Waals surface area contributed by atoms with Crippen molar-refractivity contribution in [3.8, 4) is 0 Å². The first-order valence-corrected chi connectivity index (χ1v) is 9.76. The Balaban J connectivity index is 2.52. The van der Waals surface area contributed by atoms with Gasteiger partial charge in [0.2, 0.25) is 10.0 Å². The summed E-state index contributed by atoms with van der Waals surface area (Å²) in [6.07, 6.45) is 0.873. The van der Waals surface area contributed by atoms with E-state index < -0.39 is 10.0 Å². The highest BCUT2D eigenvalue weighted by Crippen LogP contribution is 2.21. The second-order valence-electron chi connectivity index (χ2n) is 5.73. The summed E-state index contributed by atoms with van der Waals surface area (Å²) in [7, 11) is -1.53. The lowest BCUT2D eigenvalue weighted by atomic mass is 10.1. The predicted octanol–water partition coefficient (Wildman–Crippen LogP) is 3.06. The van der Waals surface area contributed by atoms with Crippen molar-refractivity contribution in [1.29, 1.82) is 0 Å². The smallest absolute Gasteiger partial charge is 0.214 e. The molecule has 0 spiro atoms. The van der Waals surface area contributed by atoms with Crippen molar-refractivity contribution in [2.24, 2.45) is 5.92 Å². The molecule has 0 saturated heterocycles. The lowest BCUT2D eigenvalue weighted by Crippen LogP contribution is -2.37. The highest BCUT2D eigenvalue weighted by Gasteiger charge is 2.23. The van der Waals surface area contributed by atoms with E-state index in [0.717, 1.165) is 11.3 Å². The van der Waals surface area contributed by atoms with Crippen LogP contribution in [0, 0.1) is 5.92 Å². The Kier molecular flexibility index (Phi) is 7.03. The van der Waals surface area contributed by atoms with Gasteiger partial charge in [0.05, 0.1) is 5.75 Å². The number of hydrogen-bond acceptors (Lipinski definition) is 4. The quantitative estimate of drug-likeness (QED) is 0.588. The summed E-state index contributed by atoms with van der Waals surface area (Å²) in [4.78, 5) is 1.00. The fourth-order valence-corrected chi connectivity index (χ4v) is 4.85. The predicted molar refractivity (Wildman–Crippen MR) is 92.0 cm³/mol. The summed E-state index contributed by atoms with van der Waals surface area (Å²) in [5.74, 6) is 1.16. The summed E-state index contributed by atoms with van der Waals surface area (Å²) in [6, 6.07) is 7.54. The topological polar surface area (TPSA) is 63.4 Å². The molecule has 0 aromatic heterocycles. The average Bonchev–Trinajstić information content (AvgIpc) is 2.36. The molecular weight excluding hydrogens is 304 g/mol. The second-order valence-corrected chi connectivity index (χ2v) is 9.05. The molecule has 1 aromatic rings. The Hall–Kier alpha value is -0.720. The molecule has 0 aliphatic heterocycles. The van der Waals surface area contributed by atoms with Gasteiger partial charge in [-0.25, -0.2) is 12.7 Å². The molecule has 1 atom stereocenters. The molecule has 1 aromatic carbocycles. The van der Waals surface area contributed by atoms with Gasteiger partial charge in [0.25, 0.3) is 0 Å². The van der Waals surface area contributed by atoms with Gasteiger partial charge in [-0.3, -0.25) is 0 Å². The van der Waals surface area contributed by atoms with E-state index in [4.69, 9.17) is 5.73 Å². The van der Waals surface area contributed by atoms with Crippen LogP contribution in [-0.2, 0) is 10.0 Å². The van der Waals surface area contributed by atoms with Crippen LogP contribution in [0.3, 0.4) is 0 Å². The normalized spacial score (nSPS) is 13.8. The highest BCUT2D eigenvalue weighted by atomic mass is 32.2. The Morgan fingerprint density at radius 1 is 1.29 bits per heavy atom. The first-order valence-electron chi connectivity index (χ1n) is 7.16. The number of nitrogens with zero attached hydrogens (tertiary/aromatic N) is 1. The molecule has 0 fully saturated rings. The van der Waals surface area contributed by atoms with Crippen molar-refractivity contribution in [2.75, 3.05) is 24.3 Å². The van der Waals surface area contributed by atoms with E-state index in [-0.39, 0.29) is 11.8 Å². The molecule has 0 saturated carbocycles. The summed E-state index contributed by atoms with van der Waals surface area (Å²) < 4.78 is 26.1. The Bertz CT molecular complexity index is 544. The molecule has 0 heterocycles. The molecular formula is C15H26N2O2S2. The number of anilines is 1. The first kappa shape index (κ1) is 18.3. The van der Waals surface area contributed by atoms with Crippen molar-refractivity contribution >= 4 is 27.5 Å². The summed E-state index contributed by atoms with van der Waals surface area (Å²) >= 11 is 1.52. The van der Waals surface area contributed by atoms with E-state index in [1.165, 1.54) is 16.1 Å². The zero-order valence-electron chi connectivity index (χ0n) is 13.2. The lowest BCUT2D eigenvalue weighted by molar-refractivity contribution is 0.338. The van der Waals surface area contributed by atoms with E-state index in [2.05, 4.69) is 13.8 Å². The van der Waals surface area contributed by atoms with Crippen LogP contribution in [0.25, 0.3) is 0 Å². The summed E-state index contributed by atoms with van der Waals surface area (Å²) in [5.41, 5.74) is 6.41. The molecule has 4 nitrogen and oxygen atoms in total. The maximum atomic E-state index is 12.3. The molecule has 21 heavy (non-hydrogen) atoms. The average molecular weight is 331 g/mol. The van der Waals surface area contributed by atoms with E-state index >= 15 is 0 Å². The number of nitrogen functional groups attached to an aromatic ring is 1. The SMILES string of the molecule is CC(C)CC(C)N(C)S(=O)(=O)CCSc1cccc(N)c1. The van der Waals surface area contributed by atoms with Crippen LogP contribution in [0.2, 0.25) is 0 Å². The van der Waals surface area contributed by atoms with E-state index in [9.17, 15) is 8.42 Å². The molecule has 0 bridgehead atoms. The number of rotatable bonds is 8. The van der Waals surface area contributed by atoms with Crippen LogP contribution in [0.4, 0.5) is 5.69 Å². The van der Waals surface area contributed by atoms with Crippen molar-refractivity contribution in [1.82, 2.24) is 4.31 Å². The standard InChI is InChI=1S/C15H26N2O2S2/c1-12(2)10-13(3)17(4)21(18,19)9-8-20-15-7-5-6-14(16)11-15/h5-7,11-13H,8-10,16H2,1-4H3. The van der Waals surface area contributed by atoms with Crippen LogP contribution < -0.4 is 5.73 Å². The number of thioether (sulfide) groups is 1. The van der Waals surface area contributed by atoms with Crippen LogP contribution >= 0.6 is 11.8 Å². The maximum absolute atomic E-state index is 12.3. The minimum Gasteiger partial charge on any atom is -0.399 e. The third-order valence-corrected chi connectivity index (χ3v) is 6.55. The fraction of sp³-hybridized carbons (Fsp3) is 0.600. The number of sulfonamides is 1. The van der Waals surface area contributed by atoms with Crippen molar-refractivity contribution in [3.05, 3.63) is 24.3 Å². The van der Waals surface area contributed by atoms with Crippen LogP contribution in [0.1, 0.15) is 27.2 Å². The first-order chi connectivity index (χ1) is 9.72. The number of hydrogen-bond donors (Lipinski definition) is 1. The van der Waals surface area contributed by atoms with Gasteiger partial charge in [-0.15, -0.1) is 11.8 Å². The Morgan fingerprint density at radius 3 is 2.52 bits per heavy atom. The van der Waals surface area contributed by atoms with Gasteiger partial charge < -0.3 is 5.73 Å². The highest BCUT2D eigenvalue weighted by molar-refractivity contribution is 8.00. The minimum absolute atomic E-state index is 0.0346. The molecule has 0 aliphatic carbocycles. The number of benzene rings is 1. The molecule has 1 unspecified atom stereocenters. The van der Waals surface area contributed by atoms with Crippen molar-refractivity contribution < 1.29 is 8.42 Å². The lowest BCUT2D eigenvalue weighted by Gasteiger charge is -2.25. The second kappa shape index (κ2) is 8.06. The molecule has 6 heteroatoms. The Morgan fingerprint density at radius 2 is 1.95 bits per heavy atom. The number of nitrogens with two attached hydrogens (primary N) is 1. The Labute approximate surface area is 133 Å². The van der Waals surface area contributed by atoms with Crippen molar-refractivity contribution in [3.63, 3.8) is 0 Å². The van der Waals surface area contributed by atoms with Gasteiger partial charge in [-0.2, -0.15) is 0 Å². The monoisotopic (exact) mass is 330 g/mol. The van der Waals surface area contributed by atoms with Gasteiger partial charge in [0, 0.05) is 29.4 Å². The molecule has 0 aliphatic rings. The van der Waals surface area contributed by atoms with Gasteiger partial charge in [-0.1, -0.05) is 19.9 Å². The third-order valence-electron chi connectivity index (χ3n) is 3.34. The molecule has 0 amide bonds. The molecule has 0 radical (unpaired) electrons. The van der Waals surface area contributed by atoms with E-state index in [1.54, 1.807) is 7.05 Å². The van der Waals surface area contributed by atoms with Crippen LogP contribution in [-0.4, -0.2) is 37.3 Å². The third kappa shape index (κ3) is 6.28. The zero-order valence-corrected chi connectivity index (χ0v) is 14.9. The zero-order chi connectivity index (χ0) is 16.0.